The van der Waals surface area contributed by atoms with Crippen LogP contribution in [-0.2, 0) is 11.2 Å². The Kier molecular flexibility index (Phi) is 6.12. The fraction of sp³-hybridized carbons (Fsp3) is 0.333. The van der Waals surface area contributed by atoms with Crippen LogP contribution in [0.25, 0.3) is 10.2 Å². The molecule has 0 saturated heterocycles. The van der Waals surface area contributed by atoms with Crippen molar-refractivity contribution in [1.29, 1.82) is 0 Å². The minimum atomic E-state index is -0.364. The lowest BCUT2D eigenvalue weighted by atomic mass is 10.0. The summed E-state index contributed by atoms with van der Waals surface area (Å²) in [6.07, 6.45) is 1.25. The Morgan fingerprint density at radius 3 is 2.81 bits per heavy atom. The number of amides is 1. The fourth-order valence-electron chi connectivity index (χ4n) is 2.41. The lowest BCUT2D eigenvalue weighted by Gasteiger charge is -2.07. The van der Waals surface area contributed by atoms with E-state index in [2.05, 4.69) is 20.3 Å². The van der Waals surface area contributed by atoms with Crippen molar-refractivity contribution >= 4 is 44.4 Å². The van der Waals surface area contributed by atoms with Gasteiger partial charge in [-0.2, -0.15) is 4.98 Å². The number of anilines is 1. The number of rotatable bonds is 7. The number of carbonyl (C=O) groups excluding carboxylic acids is 1. The molecule has 27 heavy (non-hydrogen) atoms. The van der Waals surface area contributed by atoms with Crippen LogP contribution >= 0.6 is 23.1 Å². The van der Waals surface area contributed by atoms with Crippen LogP contribution in [0, 0.1) is 5.92 Å². The van der Waals surface area contributed by atoms with Crippen molar-refractivity contribution in [3.8, 4) is 5.88 Å². The summed E-state index contributed by atoms with van der Waals surface area (Å²) in [5, 5.41) is 13.5. The molecule has 7 nitrogen and oxygen atoms in total. The van der Waals surface area contributed by atoms with Crippen LogP contribution in [0.15, 0.2) is 34.2 Å². The highest BCUT2D eigenvalue weighted by atomic mass is 32.2. The second-order valence-electron chi connectivity index (χ2n) is 6.43. The number of thiazole rings is 1. The van der Waals surface area contributed by atoms with E-state index >= 15 is 0 Å². The predicted molar refractivity (Wildman–Crippen MR) is 109 cm³/mol. The monoisotopic (exact) mass is 404 g/mol. The van der Waals surface area contributed by atoms with E-state index in [4.69, 9.17) is 0 Å². The van der Waals surface area contributed by atoms with Gasteiger partial charge in [0.2, 0.25) is 11.8 Å². The Morgan fingerprint density at radius 2 is 2.11 bits per heavy atom. The molecule has 3 rings (SSSR count). The number of para-hydroxylation sites is 1. The Morgan fingerprint density at radius 1 is 1.33 bits per heavy atom. The molecule has 0 saturated carbocycles. The SMILES string of the molecule is CC(C)CCc1c(O)nc(SCC(=O)Nc2nc3ccccc3s2)[nH]c1=O. The van der Waals surface area contributed by atoms with E-state index in [0.29, 0.717) is 17.5 Å². The first-order chi connectivity index (χ1) is 12.9. The van der Waals surface area contributed by atoms with Crippen molar-refractivity contribution in [2.45, 2.75) is 31.8 Å². The molecule has 1 amide bonds. The molecule has 0 aliphatic carbocycles. The number of fused-ring (bicyclic) bond motifs is 1. The molecule has 0 atom stereocenters. The number of H-pyrrole nitrogens is 1. The molecule has 2 aromatic heterocycles. The van der Waals surface area contributed by atoms with Crippen LogP contribution in [0.5, 0.6) is 5.88 Å². The van der Waals surface area contributed by atoms with Crippen LogP contribution in [-0.4, -0.2) is 31.7 Å². The first-order valence-corrected chi connectivity index (χ1v) is 10.3. The van der Waals surface area contributed by atoms with Gasteiger partial charge in [-0.3, -0.25) is 9.59 Å². The van der Waals surface area contributed by atoms with Gasteiger partial charge in [0.15, 0.2) is 10.3 Å². The molecule has 0 spiro atoms. The highest BCUT2D eigenvalue weighted by Crippen LogP contribution is 2.26. The van der Waals surface area contributed by atoms with Gasteiger partial charge in [-0.25, -0.2) is 4.98 Å². The zero-order chi connectivity index (χ0) is 19.4. The summed E-state index contributed by atoms with van der Waals surface area (Å²) in [5.41, 5.74) is 0.752. The third kappa shape index (κ3) is 5.08. The first kappa shape index (κ1) is 19.4. The number of benzene rings is 1. The average Bonchev–Trinajstić information content (AvgIpc) is 3.01. The van der Waals surface area contributed by atoms with Gasteiger partial charge < -0.3 is 15.4 Å². The van der Waals surface area contributed by atoms with E-state index < -0.39 is 0 Å². The topological polar surface area (TPSA) is 108 Å². The third-order valence-electron chi connectivity index (χ3n) is 3.82. The number of carbonyl (C=O) groups is 1. The Hall–Kier alpha value is -2.39. The van der Waals surface area contributed by atoms with Gasteiger partial charge in [0, 0.05) is 0 Å². The minimum absolute atomic E-state index is 0.0453. The van der Waals surface area contributed by atoms with E-state index in [0.717, 1.165) is 28.4 Å². The summed E-state index contributed by atoms with van der Waals surface area (Å²) in [7, 11) is 0. The average molecular weight is 405 g/mol. The highest BCUT2D eigenvalue weighted by molar-refractivity contribution is 7.99. The van der Waals surface area contributed by atoms with Crippen LogP contribution in [0.2, 0.25) is 0 Å². The number of nitrogens with one attached hydrogen (secondary N) is 2. The van der Waals surface area contributed by atoms with Crippen molar-refractivity contribution in [2.24, 2.45) is 5.92 Å². The molecule has 142 valence electrons. The number of aromatic nitrogens is 3. The summed E-state index contributed by atoms with van der Waals surface area (Å²) < 4.78 is 0.994. The molecule has 0 bridgehead atoms. The summed E-state index contributed by atoms with van der Waals surface area (Å²) in [5.74, 6) is -0.0634. The van der Waals surface area contributed by atoms with Crippen molar-refractivity contribution in [2.75, 3.05) is 11.1 Å². The minimum Gasteiger partial charge on any atom is -0.493 e. The standard InChI is InChI=1S/C18H20N4O3S2/c1-10(2)7-8-11-15(24)21-17(22-16(11)25)26-9-14(23)20-18-19-12-5-3-4-6-13(12)27-18/h3-6,10H,7-9H2,1-2H3,(H,19,20,23)(H2,21,22,24,25). The predicted octanol–water partition coefficient (Wildman–Crippen LogP) is 3.40. The van der Waals surface area contributed by atoms with Crippen LogP contribution in [0.1, 0.15) is 25.8 Å². The maximum absolute atomic E-state index is 12.1. The van der Waals surface area contributed by atoms with Gasteiger partial charge in [0.25, 0.3) is 5.56 Å². The largest absolute Gasteiger partial charge is 0.493 e. The smallest absolute Gasteiger partial charge is 0.258 e. The number of hydrogen-bond donors (Lipinski definition) is 3. The number of hydrogen-bond acceptors (Lipinski definition) is 7. The van der Waals surface area contributed by atoms with Crippen LogP contribution in [0.3, 0.4) is 0 Å². The van der Waals surface area contributed by atoms with Gasteiger partial charge in [-0.1, -0.05) is 49.1 Å². The molecular formula is C18H20N4O3S2. The van der Waals surface area contributed by atoms with Gasteiger partial charge in [0.05, 0.1) is 21.5 Å². The summed E-state index contributed by atoms with van der Waals surface area (Å²) in [6.45, 7) is 4.10. The quantitative estimate of drug-likeness (QED) is 0.411. The Bertz CT molecular complexity index is 980. The van der Waals surface area contributed by atoms with Crippen LogP contribution in [0.4, 0.5) is 5.13 Å². The summed E-state index contributed by atoms with van der Waals surface area (Å²) in [4.78, 5) is 35.2. The second-order valence-corrected chi connectivity index (χ2v) is 8.42. The molecule has 1 aromatic carbocycles. The molecule has 2 heterocycles. The lowest BCUT2D eigenvalue weighted by molar-refractivity contribution is -0.113. The van der Waals surface area contributed by atoms with Crippen molar-refractivity contribution < 1.29 is 9.90 Å². The van der Waals surface area contributed by atoms with Gasteiger partial charge in [-0.15, -0.1) is 0 Å². The first-order valence-electron chi connectivity index (χ1n) is 8.52. The molecular weight excluding hydrogens is 384 g/mol. The molecule has 0 unspecified atom stereocenters. The van der Waals surface area contributed by atoms with Gasteiger partial charge in [0.1, 0.15) is 0 Å². The molecule has 0 aliphatic heterocycles. The summed E-state index contributed by atoms with van der Waals surface area (Å²) >= 11 is 2.45. The molecule has 3 N–H and O–H groups in total. The number of aromatic amines is 1. The molecule has 0 fully saturated rings. The molecule has 0 aliphatic rings. The van der Waals surface area contributed by atoms with E-state index in [1.54, 1.807) is 0 Å². The lowest BCUT2D eigenvalue weighted by Crippen LogP contribution is -2.17. The third-order valence-corrected chi connectivity index (χ3v) is 5.65. The van der Waals surface area contributed by atoms with Crippen LogP contribution < -0.4 is 10.9 Å². The van der Waals surface area contributed by atoms with Crippen molar-refractivity contribution in [1.82, 2.24) is 15.0 Å². The molecule has 0 radical (unpaired) electrons. The van der Waals surface area contributed by atoms with E-state index in [1.165, 1.54) is 11.3 Å². The Labute approximate surface area is 164 Å². The Balaban J connectivity index is 1.60. The normalized spacial score (nSPS) is 11.2. The number of thioether (sulfide) groups is 1. The van der Waals surface area contributed by atoms with Crippen molar-refractivity contribution in [3.63, 3.8) is 0 Å². The molecule has 3 aromatic rings. The zero-order valence-electron chi connectivity index (χ0n) is 15.0. The zero-order valence-corrected chi connectivity index (χ0v) is 16.6. The number of aromatic hydroxyl groups is 1. The van der Waals surface area contributed by atoms with E-state index in [-0.39, 0.29) is 33.8 Å². The maximum Gasteiger partial charge on any atom is 0.258 e. The van der Waals surface area contributed by atoms with E-state index in [9.17, 15) is 14.7 Å². The van der Waals surface area contributed by atoms with Crippen molar-refractivity contribution in [3.05, 3.63) is 40.2 Å². The number of nitrogens with zero attached hydrogens (tertiary/aromatic N) is 2. The fourth-order valence-corrected chi connectivity index (χ4v) is 3.95. The van der Waals surface area contributed by atoms with E-state index in [1.807, 2.05) is 38.1 Å². The second kappa shape index (κ2) is 8.53. The van der Waals surface area contributed by atoms with Gasteiger partial charge in [-0.05, 0) is 30.9 Å². The summed E-state index contributed by atoms with van der Waals surface area (Å²) in [6, 6.07) is 7.63. The van der Waals surface area contributed by atoms with Gasteiger partial charge >= 0.3 is 0 Å². The molecule has 9 heteroatoms. The highest BCUT2D eigenvalue weighted by Gasteiger charge is 2.13. The maximum atomic E-state index is 12.1.